The molecule has 0 amide bonds. The molecule has 1 fully saturated rings. The number of carbonyl (C=O) groups excluding carboxylic acids is 1. The number of nitrogens with zero attached hydrogens (tertiary/aromatic N) is 3. The summed E-state index contributed by atoms with van der Waals surface area (Å²) in [7, 11) is 4.62. The maximum Gasteiger partial charge on any atom is 0.185 e. The number of methoxy groups -OCH3 is 3. The predicted octanol–water partition coefficient (Wildman–Crippen LogP) is 6.27. The number of hydrogen-bond donors (Lipinski definition) is 1. The van der Waals surface area contributed by atoms with Gasteiger partial charge in [0.25, 0.3) is 0 Å². The van der Waals surface area contributed by atoms with Gasteiger partial charge in [0.05, 0.1) is 21.3 Å². The minimum absolute atomic E-state index is 0.0642. The number of aliphatic hydroxyl groups excluding tert-OH is 1. The maximum atomic E-state index is 13.0. The number of ether oxygens (including phenoxy) is 4. The molecule has 0 aliphatic heterocycles. The molecule has 2 aromatic carbocycles. The molecule has 0 unspecified atom stereocenters. The van der Waals surface area contributed by atoms with Crippen LogP contribution in [0.5, 0.6) is 23.0 Å². The highest BCUT2D eigenvalue weighted by Crippen LogP contribution is 2.36. The SMILES string of the molecule is COc1ccc(/C=C/C(O)=C(CC2CC2)C(=O)/C=C/c2ccc(OCN=[N+]=[N-])c(OC)c2)cc1OC. The molecule has 3 rings (SSSR count). The Morgan fingerprint density at radius 1 is 0.972 bits per heavy atom. The zero-order valence-electron chi connectivity index (χ0n) is 20.5. The Morgan fingerprint density at radius 2 is 1.56 bits per heavy atom. The molecule has 0 heterocycles. The van der Waals surface area contributed by atoms with E-state index in [0.717, 1.165) is 18.4 Å². The second-order valence-corrected chi connectivity index (χ2v) is 8.07. The summed E-state index contributed by atoms with van der Waals surface area (Å²) in [5, 5.41) is 14.1. The fourth-order valence-corrected chi connectivity index (χ4v) is 3.48. The normalized spacial score (nSPS) is 13.8. The number of azide groups is 1. The average molecular weight is 492 g/mol. The van der Waals surface area contributed by atoms with E-state index in [0.29, 0.717) is 46.5 Å². The molecule has 36 heavy (non-hydrogen) atoms. The van der Waals surface area contributed by atoms with Crippen molar-refractivity contribution in [2.75, 3.05) is 28.1 Å². The van der Waals surface area contributed by atoms with Gasteiger partial charge in [0, 0.05) is 10.5 Å². The van der Waals surface area contributed by atoms with Gasteiger partial charge in [-0.1, -0.05) is 29.4 Å². The third kappa shape index (κ3) is 7.32. The first-order chi connectivity index (χ1) is 17.5. The lowest BCUT2D eigenvalue weighted by Gasteiger charge is -2.09. The van der Waals surface area contributed by atoms with Crippen LogP contribution in [-0.4, -0.2) is 38.9 Å². The van der Waals surface area contributed by atoms with Crippen molar-refractivity contribution >= 4 is 17.9 Å². The monoisotopic (exact) mass is 491 g/mol. The zero-order valence-corrected chi connectivity index (χ0v) is 20.5. The maximum absolute atomic E-state index is 13.0. The first kappa shape index (κ1) is 26.2. The van der Waals surface area contributed by atoms with E-state index < -0.39 is 0 Å². The smallest absolute Gasteiger partial charge is 0.185 e. The number of ketones is 1. The van der Waals surface area contributed by atoms with Crippen LogP contribution in [-0.2, 0) is 4.79 Å². The van der Waals surface area contributed by atoms with E-state index in [4.69, 9.17) is 24.5 Å². The highest BCUT2D eigenvalue weighted by Gasteiger charge is 2.26. The number of carbonyl (C=O) groups is 1. The summed E-state index contributed by atoms with van der Waals surface area (Å²) in [5.74, 6) is 2.11. The third-order valence-electron chi connectivity index (χ3n) is 5.59. The Balaban J connectivity index is 1.79. The lowest BCUT2D eigenvalue weighted by Crippen LogP contribution is -2.03. The van der Waals surface area contributed by atoms with E-state index in [1.807, 2.05) is 6.07 Å². The van der Waals surface area contributed by atoms with Gasteiger partial charge in [0.2, 0.25) is 0 Å². The van der Waals surface area contributed by atoms with Crippen molar-refractivity contribution in [2.24, 2.45) is 11.0 Å². The molecule has 1 aliphatic rings. The lowest BCUT2D eigenvalue weighted by molar-refractivity contribution is -0.111. The summed E-state index contributed by atoms with van der Waals surface area (Å²) in [6.45, 7) is -0.161. The van der Waals surface area contributed by atoms with Crippen LogP contribution in [0, 0.1) is 5.92 Å². The van der Waals surface area contributed by atoms with Crippen molar-refractivity contribution in [2.45, 2.75) is 19.3 Å². The largest absolute Gasteiger partial charge is 0.508 e. The Kier molecular flexibility index (Phi) is 9.42. The second-order valence-electron chi connectivity index (χ2n) is 8.07. The van der Waals surface area contributed by atoms with Crippen LogP contribution in [0.4, 0.5) is 0 Å². The highest BCUT2D eigenvalue weighted by atomic mass is 16.5. The van der Waals surface area contributed by atoms with Crippen LogP contribution < -0.4 is 18.9 Å². The van der Waals surface area contributed by atoms with Crippen molar-refractivity contribution in [1.29, 1.82) is 0 Å². The topological polar surface area (TPSA) is 123 Å². The predicted molar refractivity (Wildman–Crippen MR) is 137 cm³/mol. The Labute approximate surface area is 209 Å². The van der Waals surface area contributed by atoms with Crippen LogP contribution in [0.1, 0.15) is 30.4 Å². The van der Waals surface area contributed by atoms with E-state index in [9.17, 15) is 9.90 Å². The second kappa shape index (κ2) is 12.9. The Bertz CT molecular complexity index is 1220. The molecule has 1 N–H and O–H groups in total. The highest BCUT2D eigenvalue weighted by molar-refractivity contribution is 6.07. The Morgan fingerprint density at radius 3 is 2.14 bits per heavy atom. The van der Waals surface area contributed by atoms with E-state index in [2.05, 4.69) is 10.0 Å². The molecular weight excluding hydrogens is 462 g/mol. The van der Waals surface area contributed by atoms with Gasteiger partial charge in [0.15, 0.2) is 35.5 Å². The van der Waals surface area contributed by atoms with Gasteiger partial charge >= 0.3 is 0 Å². The number of benzene rings is 2. The van der Waals surface area contributed by atoms with Gasteiger partial charge in [0.1, 0.15) is 5.76 Å². The number of hydrogen-bond acceptors (Lipinski definition) is 7. The van der Waals surface area contributed by atoms with Crippen molar-refractivity contribution in [1.82, 2.24) is 0 Å². The molecule has 1 saturated carbocycles. The summed E-state index contributed by atoms with van der Waals surface area (Å²) in [6, 6.07) is 10.5. The molecule has 2 aromatic rings. The molecule has 0 atom stereocenters. The van der Waals surface area contributed by atoms with Crippen molar-refractivity contribution in [3.63, 3.8) is 0 Å². The van der Waals surface area contributed by atoms with E-state index >= 15 is 0 Å². The van der Waals surface area contributed by atoms with Gasteiger partial charge in [-0.25, -0.2) is 0 Å². The summed E-state index contributed by atoms with van der Waals surface area (Å²) < 4.78 is 21.3. The molecule has 0 radical (unpaired) electrons. The lowest BCUT2D eigenvalue weighted by atomic mass is 10.0. The summed E-state index contributed by atoms with van der Waals surface area (Å²) in [4.78, 5) is 15.7. The fraction of sp³-hybridized carbons (Fsp3) is 0.296. The molecule has 1 aliphatic carbocycles. The van der Waals surface area contributed by atoms with Gasteiger partial charge < -0.3 is 24.1 Å². The van der Waals surface area contributed by atoms with E-state index in [1.54, 1.807) is 56.7 Å². The molecule has 0 aromatic heterocycles. The van der Waals surface area contributed by atoms with Crippen molar-refractivity contribution < 1.29 is 28.8 Å². The van der Waals surface area contributed by atoms with Gasteiger partial charge in [-0.3, -0.25) is 4.79 Å². The molecular formula is C27H29N3O6. The standard InChI is InChI=1S/C27H29N3O6/c1-33-24-12-8-19(15-26(24)34-2)6-10-22(31)21(14-18-4-5-18)23(32)11-7-20-9-13-25(27(16-20)35-3)36-17-29-30-28/h6-13,15-16,18,31H,4-5,14,17H2,1-3H3/b10-6+,11-7+,22-21?. The number of allylic oxidation sites excluding steroid dienone is 3. The third-order valence-corrected chi connectivity index (χ3v) is 5.59. The average Bonchev–Trinajstić information content (AvgIpc) is 3.73. The van der Waals surface area contributed by atoms with Gasteiger partial charge in [-0.2, -0.15) is 0 Å². The zero-order chi connectivity index (χ0) is 25.9. The van der Waals surface area contributed by atoms with Gasteiger partial charge in [-0.05, 0) is 78.3 Å². The molecule has 0 saturated heterocycles. The fourth-order valence-electron chi connectivity index (χ4n) is 3.48. The minimum atomic E-state index is -0.265. The summed E-state index contributed by atoms with van der Waals surface area (Å²) >= 11 is 0. The van der Waals surface area contributed by atoms with Crippen LogP contribution in [0.15, 0.2) is 65.0 Å². The summed E-state index contributed by atoms with van der Waals surface area (Å²) in [6.07, 6.45) is 8.95. The quantitative estimate of drug-likeness (QED) is 0.0880. The Hall–Kier alpha value is -4.36. The van der Waals surface area contributed by atoms with Crippen molar-refractivity contribution in [3.05, 3.63) is 81.5 Å². The first-order valence-corrected chi connectivity index (χ1v) is 11.3. The van der Waals surface area contributed by atoms with E-state index in [-0.39, 0.29) is 18.3 Å². The van der Waals surface area contributed by atoms with E-state index in [1.165, 1.54) is 19.3 Å². The molecule has 0 spiro atoms. The van der Waals surface area contributed by atoms with Crippen LogP contribution >= 0.6 is 0 Å². The summed E-state index contributed by atoms with van der Waals surface area (Å²) in [5.41, 5.74) is 10.3. The molecule has 9 heteroatoms. The number of rotatable bonds is 13. The minimum Gasteiger partial charge on any atom is -0.508 e. The van der Waals surface area contributed by atoms with Crippen molar-refractivity contribution in [3.8, 4) is 23.0 Å². The molecule has 0 bridgehead atoms. The molecule has 188 valence electrons. The number of aliphatic hydroxyl groups is 1. The van der Waals surface area contributed by atoms with Crippen LogP contribution in [0.3, 0.4) is 0 Å². The van der Waals surface area contributed by atoms with Crippen LogP contribution in [0.25, 0.3) is 22.6 Å². The van der Waals surface area contributed by atoms with Crippen LogP contribution in [0.2, 0.25) is 0 Å². The first-order valence-electron chi connectivity index (χ1n) is 11.3. The molecule has 9 nitrogen and oxygen atoms in total. The van der Waals surface area contributed by atoms with Gasteiger partial charge in [-0.15, -0.1) is 0 Å².